The molecule has 1 aromatic rings. The molecule has 0 unspecified atom stereocenters. The Hall–Kier alpha value is -1.67. The average Bonchev–Trinajstić information content (AvgIpc) is 2.38. The smallest absolute Gasteiger partial charge is 0.345 e. The Kier molecular flexibility index (Phi) is 2.52. The fourth-order valence-electron chi connectivity index (χ4n) is 1.60. The fraction of sp³-hybridized carbons (Fsp3) is 0.250. The standard InChI is InChI=1S/C12H10F3N/c1-8-5-6-10-9(7-8)3-2-4-11(16-10)12(13,14)15/h2,5-7,16H,3H2,1H3. The van der Waals surface area contributed by atoms with E-state index in [1.807, 2.05) is 13.0 Å². The summed E-state index contributed by atoms with van der Waals surface area (Å²) >= 11 is 0. The van der Waals surface area contributed by atoms with Gasteiger partial charge in [0, 0.05) is 12.1 Å². The van der Waals surface area contributed by atoms with Gasteiger partial charge >= 0.3 is 6.18 Å². The van der Waals surface area contributed by atoms with Gasteiger partial charge < -0.3 is 5.32 Å². The third-order valence-corrected chi connectivity index (χ3v) is 2.37. The van der Waals surface area contributed by atoms with E-state index in [0.29, 0.717) is 12.1 Å². The molecule has 1 heterocycles. The number of hydrogen-bond acceptors (Lipinski definition) is 1. The van der Waals surface area contributed by atoms with Crippen LogP contribution in [-0.2, 0) is 6.42 Å². The van der Waals surface area contributed by atoms with E-state index in [0.717, 1.165) is 11.1 Å². The van der Waals surface area contributed by atoms with Crippen molar-refractivity contribution in [3.8, 4) is 0 Å². The Morgan fingerprint density at radius 1 is 1.31 bits per heavy atom. The van der Waals surface area contributed by atoms with Crippen LogP contribution in [0.5, 0.6) is 0 Å². The largest absolute Gasteiger partial charge is 0.438 e. The quantitative estimate of drug-likeness (QED) is 0.665. The van der Waals surface area contributed by atoms with Crippen molar-refractivity contribution in [2.24, 2.45) is 0 Å². The maximum absolute atomic E-state index is 12.5. The number of rotatable bonds is 0. The highest BCUT2D eigenvalue weighted by molar-refractivity contribution is 5.58. The van der Waals surface area contributed by atoms with Crippen LogP contribution in [0, 0.1) is 6.92 Å². The summed E-state index contributed by atoms with van der Waals surface area (Å²) in [6, 6.07) is 5.32. The number of aryl methyl sites for hydroxylation is 1. The number of allylic oxidation sites excluding steroid dienone is 1. The van der Waals surface area contributed by atoms with Crippen molar-refractivity contribution in [1.82, 2.24) is 0 Å². The molecule has 1 nitrogen and oxygen atoms in total. The van der Waals surface area contributed by atoms with E-state index in [1.54, 1.807) is 12.1 Å². The van der Waals surface area contributed by atoms with Gasteiger partial charge in [0.1, 0.15) is 0 Å². The van der Waals surface area contributed by atoms with Gasteiger partial charge in [-0.15, -0.1) is 0 Å². The Bertz CT molecular complexity index is 480. The Morgan fingerprint density at radius 3 is 2.75 bits per heavy atom. The van der Waals surface area contributed by atoms with Crippen LogP contribution in [0.2, 0.25) is 0 Å². The molecule has 1 N–H and O–H groups in total. The predicted octanol–water partition coefficient (Wildman–Crippen LogP) is 3.56. The first-order chi connectivity index (χ1) is 7.47. The van der Waals surface area contributed by atoms with Crippen LogP contribution in [-0.4, -0.2) is 6.18 Å². The normalized spacial score (nSPS) is 14.9. The molecule has 0 bridgehead atoms. The van der Waals surface area contributed by atoms with Crippen LogP contribution in [0.3, 0.4) is 0 Å². The lowest BCUT2D eigenvalue weighted by atomic mass is 10.1. The van der Waals surface area contributed by atoms with E-state index >= 15 is 0 Å². The van der Waals surface area contributed by atoms with Crippen molar-refractivity contribution in [2.75, 3.05) is 5.32 Å². The summed E-state index contributed by atoms with van der Waals surface area (Å²) in [7, 11) is 0. The van der Waals surface area contributed by atoms with Gasteiger partial charge in [-0.1, -0.05) is 23.4 Å². The second-order valence-electron chi connectivity index (χ2n) is 3.71. The number of alkyl halides is 3. The number of benzene rings is 1. The molecule has 0 saturated heterocycles. The highest BCUT2D eigenvalue weighted by Gasteiger charge is 2.34. The van der Waals surface area contributed by atoms with Gasteiger partial charge in [-0.2, -0.15) is 13.2 Å². The lowest BCUT2D eigenvalue weighted by Crippen LogP contribution is -2.18. The molecular weight excluding hydrogens is 215 g/mol. The average molecular weight is 225 g/mol. The van der Waals surface area contributed by atoms with Crippen LogP contribution in [0.15, 0.2) is 35.7 Å². The Morgan fingerprint density at radius 2 is 2.06 bits per heavy atom. The number of fused-ring (bicyclic) bond motifs is 1. The molecule has 1 aliphatic rings. The molecule has 2 rings (SSSR count). The van der Waals surface area contributed by atoms with E-state index in [2.05, 4.69) is 11.0 Å². The van der Waals surface area contributed by atoms with Crippen molar-refractivity contribution in [3.63, 3.8) is 0 Å². The van der Waals surface area contributed by atoms with Crippen molar-refractivity contribution in [3.05, 3.63) is 46.8 Å². The minimum atomic E-state index is -4.39. The van der Waals surface area contributed by atoms with Gasteiger partial charge in [0.15, 0.2) is 5.70 Å². The molecule has 0 aromatic heterocycles. The zero-order chi connectivity index (χ0) is 11.8. The topological polar surface area (TPSA) is 12.0 Å². The van der Waals surface area contributed by atoms with Gasteiger partial charge in [-0.05, 0) is 24.6 Å². The molecule has 84 valence electrons. The van der Waals surface area contributed by atoms with Crippen molar-refractivity contribution in [2.45, 2.75) is 19.5 Å². The van der Waals surface area contributed by atoms with Gasteiger partial charge in [0.25, 0.3) is 0 Å². The summed E-state index contributed by atoms with van der Waals surface area (Å²) < 4.78 is 37.5. The van der Waals surface area contributed by atoms with Crippen molar-refractivity contribution >= 4 is 5.69 Å². The fourth-order valence-corrected chi connectivity index (χ4v) is 1.60. The van der Waals surface area contributed by atoms with Crippen LogP contribution < -0.4 is 5.32 Å². The summed E-state index contributed by atoms with van der Waals surface area (Å²) in [5.74, 6) is 0. The van der Waals surface area contributed by atoms with Crippen LogP contribution >= 0.6 is 0 Å². The molecule has 0 amide bonds. The molecule has 1 aromatic carbocycles. The van der Waals surface area contributed by atoms with Gasteiger partial charge in [0.2, 0.25) is 0 Å². The number of nitrogens with one attached hydrogen (secondary N) is 1. The van der Waals surface area contributed by atoms with Gasteiger partial charge in [0.05, 0.1) is 0 Å². The molecular formula is C12H10F3N. The first-order valence-electron chi connectivity index (χ1n) is 4.86. The van der Waals surface area contributed by atoms with Crippen LogP contribution in [0.4, 0.5) is 18.9 Å². The van der Waals surface area contributed by atoms with Crippen molar-refractivity contribution < 1.29 is 13.2 Å². The second-order valence-corrected chi connectivity index (χ2v) is 3.71. The maximum Gasteiger partial charge on any atom is 0.438 e. The van der Waals surface area contributed by atoms with E-state index in [4.69, 9.17) is 0 Å². The van der Waals surface area contributed by atoms with Crippen molar-refractivity contribution in [1.29, 1.82) is 0 Å². The van der Waals surface area contributed by atoms with Gasteiger partial charge in [-0.25, -0.2) is 0 Å². The molecule has 16 heavy (non-hydrogen) atoms. The number of halogens is 3. The minimum absolute atomic E-state index is 0.462. The van der Waals surface area contributed by atoms with Crippen LogP contribution in [0.25, 0.3) is 0 Å². The summed E-state index contributed by atoms with van der Waals surface area (Å²) in [4.78, 5) is 0. The molecule has 0 radical (unpaired) electrons. The van der Waals surface area contributed by atoms with E-state index in [-0.39, 0.29) is 0 Å². The third kappa shape index (κ3) is 2.12. The minimum Gasteiger partial charge on any atom is -0.345 e. The number of anilines is 1. The van der Waals surface area contributed by atoms with Crippen LogP contribution in [0.1, 0.15) is 11.1 Å². The highest BCUT2D eigenvalue weighted by Crippen LogP contribution is 2.30. The van der Waals surface area contributed by atoms with E-state index in [9.17, 15) is 13.2 Å². The van der Waals surface area contributed by atoms with Gasteiger partial charge in [-0.3, -0.25) is 0 Å². The number of hydrogen-bond donors (Lipinski definition) is 1. The molecule has 0 atom stereocenters. The first-order valence-corrected chi connectivity index (χ1v) is 4.86. The zero-order valence-electron chi connectivity index (χ0n) is 8.65. The molecule has 0 aliphatic carbocycles. The monoisotopic (exact) mass is 225 g/mol. The molecule has 0 saturated carbocycles. The Labute approximate surface area is 91.3 Å². The summed E-state index contributed by atoms with van der Waals surface area (Å²) in [6.07, 6.45) is -2.52. The summed E-state index contributed by atoms with van der Waals surface area (Å²) in [5, 5.41) is 2.38. The first kappa shape index (κ1) is 10.8. The summed E-state index contributed by atoms with van der Waals surface area (Å²) in [6.45, 7) is 1.91. The van der Waals surface area contributed by atoms with E-state index in [1.165, 1.54) is 6.08 Å². The third-order valence-electron chi connectivity index (χ3n) is 2.37. The van der Waals surface area contributed by atoms with E-state index < -0.39 is 11.9 Å². The molecule has 1 aliphatic heterocycles. The molecule has 4 heteroatoms. The predicted molar refractivity (Wildman–Crippen MR) is 56.2 cm³/mol. The SMILES string of the molecule is Cc1ccc2c(c1)CC=C=C(C(F)(F)F)N2. The lowest BCUT2D eigenvalue weighted by molar-refractivity contribution is -0.0900. The summed E-state index contributed by atoms with van der Waals surface area (Å²) in [5.41, 5.74) is 3.79. The Balaban J connectivity index is 2.41. The molecule has 0 spiro atoms. The highest BCUT2D eigenvalue weighted by atomic mass is 19.4. The molecule has 0 fully saturated rings. The second kappa shape index (κ2) is 3.72. The zero-order valence-corrected chi connectivity index (χ0v) is 8.65. The maximum atomic E-state index is 12.5. The lowest BCUT2D eigenvalue weighted by Gasteiger charge is -2.13.